The molecule has 0 radical (unpaired) electrons. The average molecular weight is 491 g/mol. The molecule has 9 heteroatoms. The second-order valence-electron chi connectivity index (χ2n) is 7.71. The van der Waals surface area contributed by atoms with Gasteiger partial charge in [0, 0.05) is 16.1 Å². The first kappa shape index (κ1) is 23.8. The molecule has 3 amide bonds. The SMILES string of the molecule is CCOc1ccccc1NC(=O)C(=O)Nn1c(C(=O)Nc2ccc(C)cc2)cc2cc(Cl)ccc21. The summed E-state index contributed by atoms with van der Waals surface area (Å²) in [7, 11) is 0. The molecule has 0 aliphatic heterocycles. The highest BCUT2D eigenvalue weighted by molar-refractivity contribution is 6.42. The predicted octanol–water partition coefficient (Wildman–Crippen LogP) is 4.96. The topological polar surface area (TPSA) is 101 Å². The minimum atomic E-state index is -0.965. The molecule has 4 aromatic rings. The van der Waals surface area contributed by atoms with Gasteiger partial charge in [-0.15, -0.1) is 0 Å². The van der Waals surface area contributed by atoms with E-state index >= 15 is 0 Å². The maximum absolute atomic E-state index is 13.1. The molecule has 3 aromatic carbocycles. The lowest BCUT2D eigenvalue weighted by atomic mass is 10.2. The molecule has 35 heavy (non-hydrogen) atoms. The number of benzene rings is 3. The highest BCUT2D eigenvalue weighted by Gasteiger charge is 2.22. The maximum atomic E-state index is 13.1. The average Bonchev–Trinajstić information content (AvgIpc) is 3.19. The quantitative estimate of drug-likeness (QED) is 0.332. The third-order valence-corrected chi connectivity index (χ3v) is 5.40. The third kappa shape index (κ3) is 5.44. The maximum Gasteiger partial charge on any atom is 0.328 e. The van der Waals surface area contributed by atoms with Gasteiger partial charge in [-0.05, 0) is 62.4 Å². The van der Waals surface area contributed by atoms with E-state index in [9.17, 15) is 14.4 Å². The molecule has 0 atom stereocenters. The van der Waals surface area contributed by atoms with E-state index in [1.165, 1.54) is 4.68 Å². The minimum Gasteiger partial charge on any atom is -0.492 e. The molecule has 0 saturated heterocycles. The molecule has 1 aromatic heterocycles. The number of fused-ring (bicyclic) bond motifs is 1. The number of carbonyl (C=O) groups is 3. The van der Waals surface area contributed by atoms with E-state index in [0.29, 0.717) is 39.7 Å². The van der Waals surface area contributed by atoms with Gasteiger partial charge in [0.1, 0.15) is 11.4 Å². The number of aryl methyl sites for hydroxylation is 1. The number of aromatic nitrogens is 1. The Morgan fingerprint density at radius 1 is 0.914 bits per heavy atom. The summed E-state index contributed by atoms with van der Waals surface area (Å²) in [6.07, 6.45) is 0. The summed E-state index contributed by atoms with van der Waals surface area (Å²) in [5, 5.41) is 6.44. The van der Waals surface area contributed by atoms with Crippen molar-refractivity contribution in [3.8, 4) is 5.75 Å². The lowest BCUT2D eigenvalue weighted by molar-refractivity contribution is -0.133. The normalized spacial score (nSPS) is 10.6. The van der Waals surface area contributed by atoms with Crippen LogP contribution in [-0.2, 0) is 9.59 Å². The number of amides is 3. The van der Waals surface area contributed by atoms with E-state index in [1.54, 1.807) is 60.7 Å². The Hall–Kier alpha value is -4.30. The molecule has 0 bridgehead atoms. The van der Waals surface area contributed by atoms with Crippen molar-refractivity contribution in [1.82, 2.24) is 4.68 Å². The molecule has 8 nitrogen and oxygen atoms in total. The van der Waals surface area contributed by atoms with Crippen molar-refractivity contribution < 1.29 is 19.1 Å². The lowest BCUT2D eigenvalue weighted by Crippen LogP contribution is -2.36. The highest BCUT2D eigenvalue weighted by Crippen LogP contribution is 2.25. The van der Waals surface area contributed by atoms with Gasteiger partial charge in [0.05, 0.1) is 17.8 Å². The molecule has 1 heterocycles. The van der Waals surface area contributed by atoms with E-state index in [-0.39, 0.29) is 5.69 Å². The Morgan fingerprint density at radius 3 is 2.40 bits per heavy atom. The molecule has 178 valence electrons. The number of rotatable bonds is 6. The van der Waals surface area contributed by atoms with Gasteiger partial charge in [0.15, 0.2) is 0 Å². The highest BCUT2D eigenvalue weighted by atomic mass is 35.5. The van der Waals surface area contributed by atoms with Gasteiger partial charge in [-0.3, -0.25) is 19.8 Å². The van der Waals surface area contributed by atoms with Crippen LogP contribution in [0.15, 0.2) is 72.8 Å². The number of hydrogen-bond acceptors (Lipinski definition) is 4. The van der Waals surface area contributed by atoms with E-state index in [0.717, 1.165) is 5.56 Å². The van der Waals surface area contributed by atoms with Crippen LogP contribution >= 0.6 is 11.6 Å². The number of carbonyl (C=O) groups excluding carboxylic acids is 3. The fraction of sp³-hybridized carbons (Fsp3) is 0.115. The Bertz CT molecular complexity index is 1410. The van der Waals surface area contributed by atoms with E-state index in [1.807, 2.05) is 26.0 Å². The number of halogens is 1. The molecule has 3 N–H and O–H groups in total. The molecule has 0 spiro atoms. The summed E-state index contributed by atoms with van der Waals surface area (Å²) < 4.78 is 6.76. The van der Waals surface area contributed by atoms with Crippen LogP contribution in [0.2, 0.25) is 5.02 Å². The van der Waals surface area contributed by atoms with Crippen molar-refractivity contribution in [3.63, 3.8) is 0 Å². The fourth-order valence-electron chi connectivity index (χ4n) is 3.49. The summed E-state index contributed by atoms with van der Waals surface area (Å²) in [5.41, 5.74) is 5.14. The van der Waals surface area contributed by atoms with Crippen molar-refractivity contribution in [1.29, 1.82) is 0 Å². The molecule has 0 aliphatic carbocycles. The molecule has 0 fully saturated rings. The number of ether oxygens (including phenoxy) is 1. The number of nitrogens with one attached hydrogen (secondary N) is 3. The largest absolute Gasteiger partial charge is 0.492 e. The van der Waals surface area contributed by atoms with Crippen molar-refractivity contribution in [2.75, 3.05) is 22.7 Å². The van der Waals surface area contributed by atoms with Gasteiger partial charge in [-0.2, -0.15) is 0 Å². The van der Waals surface area contributed by atoms with Crippen LogP contribution in [0.5, 0.6) is 5.75 Å². The molecule has 0 saturated carbocycles. The summed E-state index contributed by atoms with van der Waals surface area (Å²) in [5.74, 6) is -1.91. The first-order chi connectivity index (χ1) is 16.9. The van der Waals surface area contributed by atoms with E-state index < -0.39 is 17.7 Å². The molecular formula is C26H23ClN4O4. The number of para-hydroxylation sites is 2. The van der Waals surface area contributed by atoms with Gasteiger partial charge < -0.3 is 15.4 Å². The van der Waals surface area contributed by atoms with Gasteiger partial charge >= 0.3 is 11.8 Å². The van der Waals surface area contributed by atoms with Crippen LogP contribution in [0.4, 0.5) is 11.4 Å². The molecule has 4 rings (SSSR count). The lowest BCUT2D eigenvalue weighted by Gasteiger charge is -2.14. The van der Waals surface area contributed by atoms with Crippen LogP contribution in [0.1, 0.15) is 23.0 Å². The zero-order valence-corrected chi connectivity index (χ0v) is 19.8. The van der Waals surface area contributed by atoms with Gasteiger partial charge in [0.25, 0.3) is 5.91 Å². The van der Waals surface area contributed by atoms with Crippen LogP contribution in [0.3, 0.4) is 0 Å². The Labute approximate surface area is 206 Å². The first-order valence-electron chi connectivity index (χ1n) is 10.9. The zero-order chi connectivity index (χ0) is 24.9. The molecular weight excluding hydrogens is 468 g/mol. The van der Waals surface area contributed by atoms with Crippen LogP contribution in [-0.4, -0.2) is 29.0 Å². The van der Waals surface area contributed by atoms with Crippen LogP contribution in [0, 0.1) is 6.92 Å². The zero-order valence-electron chi connectivity index (χ0n) is 19.1. The van der Waals surface area contributed by atoms with Crippen molar-refractivity contribution in [2.24, 2.45) is 0 Å². The van der Waals surface area contributed by atoms with Gasteiger partial charge in [-0.25, -0.2) is 4.68 Å². The van der Waals surface area contributed by atoms with Crippen LogP contribution in [0.25, 0.3) is 10.9 Å². The van der Waals surface area contributed by atoms with E-state index in [4.69, 9.17) is 16.3 Å². The Morgan fingerprint density at radius 2 is 1.66 bits per heavy atom. The second kappa shape index (κ2) is 10.3. The standard InChI is InChI=1S/C26H23ClN4O4/c1-3-35-23-7-5-4-6-20(23)29-25(33)26(34)30-31-21-13-10-18(27)14-17(21)15-22(31)24(32)28-19-11-8-16(2)9-12-19/h4-15H,3H2,1-2H3,(H,28,32)(H,29,33)(H,30,34). The Kier molecular flexibility index (Phi) is 7.03. The summed E-state index contributed by atoms with van der Waals surface area (Å²) in [6.45, 7) is 4.16. The van der Waals surface area contributed by atoms with Crippen molar-refractivity contribution in [2.45, 2.75) is 13.8 Å². The molecule has 0 unspecified atom stereocenters. The summed E-state index contributed by atoms with van der Waals surface area (Å²) in [6, 6.07) is 20.6. The second-order valence-corrected chi connectivity index (χ2v) is 8.15. The van der Waals surface area contributed by atoms with E-state index in [2.05, 4.69) is 16.1 Å². The van der Waals surface area contributed by atoms with Crippen molar-refractivity contribution in [3.05, 3.63) is 89.1 Å². The first-order valence-corrected chi connectivity index (χ1v) is 11.3. The summed E-state index contributed by atoms with van der Waals surface area (Å²) >= 11 is 6.12. The fourth-order valence-corrected chi connectivity index (χ4v) is 3.67. The van der Waals surface area contributed by atoms with Gasteiger partial charge in [0.2, 0.25) is 0 Å². The monoisotopic (exact) mass is 490 g/mol. The van der Waals surface area contributed by atoms with Crippen molar-refractivity contribution >= 4 is 51.6 Å². The minimum absolute atomic E-state index is 0.124. The smallest absolute Gasteiger partial charge is 0.328 e. The number of hydrogen-bond donors (Lipinski definition) is 3. The number of anilines is 2. The number of nitrogens with zero attached hydrogens (tertiary/aromatic N) is 1. The Balaban J connectivity index is 1.61. The molecule has 0 aliphatic rings. The predicted molar refractivity (Wildman–Crippen MR) is 137 cm³/mol. The van der Waals surface area contributed by atoms with Gasteiger partial charge in [-0.1, -0.05) is 41.4 Å². The summed E-state index contributed by atoms with van der Waals surface area (Å²) in [4.78, 5) is 38.6. The van der Waals surface area contributed by atoms with Crippen LogP contribution < -0.4 is 20.8 Å². The third-order valence-electron chi connectivity index (χ3n) is 5.16.